The number of hydrogen-bond donors (Lipinski definition) is 3. The van der Waals surface area contributed by atoms with Crippen LogP contribution in [0.1, 0.15) is 0 Å². The van der Waals surface area contributed by atoms with Crippen molar-refractivity contribution >= 4 is 18.0 Å². The van der Waals surface area contributed by atoms with E-state index >= 15 is 0 Å². The van der Waals surface area contributed by atoms with Crippen molar-refractivity contribution in [1.29, 1.82) is 0 Å². The second kappa shape index (κ2) is 6.66. The van der Waals surface area contributed by atoms with E-state index < -0.39 is 0 Å². The van der Waals surface area contributed by atoms with E-state index in [1.54, 1.807) is 5.25 Å². The molecule has 0 heterocycles. The lowest BCUT2D eigenvalue weighted by atomic mass is 13.5. The lowest BCUT2D eigenvalue weighted by Crippen LogP contribution is -1.89. The lowest BCUT2D eigenvalue weighted by molar-refractivity contribution is 0.245. The summed E-state index contributed by atoms with van der Waals surface area (Å²) in [6.07, 6.45) is 0. The lowest BCUT2D eigenvalue weighted by Gasteiger charge is -1.94. The van der Waals surface area contributed by atoms with Gasteiger partial charge in [0, 0.05) is 0 Å². The summed E-state index contributed by atoms with van der Waals surface area (Å²) < 4.78 is 8.48. The molecule has 0 spiro atoms. The third-order valence-electron chi connectivity index (χ3n) is 0.186. The van der Waals surface area contributed by atoms with E-state index in [4.69, 9.17) is 5.21 Å². The molecular weight excluding hydrogens is 138 g/mol. The predicted molar refractivity (Wildman–Crippen MR) is 27.9 cm³/mol. The van der Waals surface area contributed by atoms with Crippen LogP contribution in [0, 0.1) is 0 Å². The van der Waals surface area contributed by atoms with Crippen LogP contribution in [0.3, 0.4) is 0 Å². The highest BCUT2D eigenvalue weighted by Crippen LogP contribution is 2.20. The summed E-state index contributed by atoms with van der Waals surface area (Å²) in [6.45, 7) is 0. The average molecular weight is 144 g/mol. The van der Waals surface area contributed by atoms with E-state index in [1.165, 1.54) is 0 Å². The van der Waals surface area contributed by atoms with E-state index in [0.29, 0.717) is 0 Å². The standard InChI is InChI=1S/H6N2O3P2/c1-4-7-5-6-2-3/h2-3,6-7H,1H2. The Bertz CT molecular complexity index is 30.1. The van der Waals surface area contributed by atoms with Crippen LogP contribution >= 0.6 is 18.0 Å². The van der Waals surface area contributed by atoms with Gasteiger partial charge in [0.1, 0.15) is 8.96 Å². The molecule has 0 fully saturated rings. The van der Waals surface area contributed by atoms with Crippen LogP contribution in [-0.4, -0.2) is 5.21 Å². The van der Waals surface area contributed by atoms with Crippen LogP contribution < -0.4 is 11.1 Å². The normalized spacial score (nSPS) is 12.9. The molecule has 0 aromatic rings. The van der Waals surface area contributed by atoms with Gasteiger partial charge in [0.25, 0.3) is 0 Å². The number of rotatable bonds is 4. The molecule has 2 unspecified atom stereocenters. The molecule has 0 aromatic heterocycles. The molecule has 0 rings (SSSR count). The maximum atomic E-state index is 7.84. The first-order chi connectivity index (χ1) is 3.41. The van der Waals surface area contributed by atoms with Gasteiger partial charge in [-0.25, -0.2) is 5.90 Å². The third-order valence-corrected chi connectivity index (χ3v) is 1.12. The van der Waals surface area contributed by atoms with Gasteiger partial charge in [-0.15, -0.1) is 0 Å². The SMILES string of the molecule is NOPOPNO. The molecule has 2 atom stereocenters. The molecule has 0 aromatic carbocycles. The second-order valence-electron chi connectivity index (χ2n) is 0.517. The zero-order valence-electron chi connectivity index (χ0n) is 3.34. The van der Waals surface area contributed by atoms with Crippen molar-refractivity contribution in [3.05, 3.63) is 0 Å². The van der Waals surface area contributed by atoms with Gasteiger partial charge in [0.05, 0.1) is 0 Å². The maximum Gasteiger partial charge on any atom is 0.181 e. The van der Waals surface area contributed by atoms with Crippen molar-refractivity contribution in [3.8, 4) is 0 Å². The van der Waals surface area contributed by atoms with E-state index in [1.807, 2.05) is 0 Å². The summed E-state index contributed by atoms with van der Waals surface area (Å²) in [6, 6.07) is 0. The van der Waals surface area contributed by atoms with Crippen LogP contribution in [0.25, 0.3) is 0 Å². The molecule has 0 bridgehead atoms. The molecule has 0 aliphatic rings. The molecule has 0 saturated carbocycles. The minimum atomic E-state index is -0.211. The molecule has 4 N–H and O–H groups in total. The van der Waals surface area contributed by atoms with Crippen molar-refractivity contribution in [2.75, 3.05) is 0 Å². The van der Waals surface area contributed by atoms with Crippen LogP contribution in [0.15, 0.2) is 0 Å². The molecule has 0 saturated heterocycles. The van der Waals surface area contributed by atoms with Gasteiger partial charge < -0.3 is 5.21 Å². The summed E-state index contributed by atoms with van der Waals surface area (Å²) in [5.74, 6) is 4.55. The van der Waals surface area contributed by atoms with Crippen LogP contribution in [0.2, 0.25) is 0 Å². The highest BCUT2D eigenvalue weighted by atomic mass is 31.2. The van der Waals surface area contributed by atoms with Gasteiger partial charge in [-0.2, -0.15) is 5.25 Å². The van der Waals surface area contributed by atoms with Crippen molar-refractivity contribution in [3.63, 3.8) is 0 Å². The first-order valence-electron chi connectivity index (χ1n) is 1.32. The highest BCUT2D eigenvalue weighted by molar-refractivity contribution is 7.42. The quantitative estimate of drug-likeness (QED) is 0.291. The number of nitrogens with one attached hydrogen (secondary N) is 1. The number of hydrogen-bond acceptors (Lipinski definition) is 5. The summed E-state index contributed by atoms with van der Waals surface area (Å²) in [4.78, 5) is 0. The Hall–Kier alpha value is 0.660. The van der Waals surface area contributed by atoms with E-state index in [9.17, 15) is 0 Å². The van der Waals surface area contributed by atoms with Gasteiger partial charge in [0.2, 0.25) is 0 Å². The van der Waals surface area contributed by atoms with Gasteiger partial charge >= 0.3 is 0 Å². The maximum absolute atomic E-state index is 7.84. The zero-order valence-corrected chi connectivity index (χ0v) is 5.34. The fraction of sp³-hybridized carbons (Fsp3) is 0. The fourth-order valence-electron chi connectivity index (χ4n) is 0.0677. The first kappa shape index (κ1) is 7.66. The number of nitrogens with two attached hydrogens (primary N) is 1. The van der Waals surface area contributed by atoms with Gasteiger partial charge in [-0.3, -0.25) is 8.94 Å². The molecule has 44 valence electrons. The summed E-state index contributed by atoms with van der Waals surface area (Å²) in [7, 11) is -0.376. The van der Waals surface area contributed by atoms with Gasteiger partial charge in [-0.1, -0.05) is 0 Å². The van der Waals surface area contributed by atoms with E-state index in [0.717, 1.165) is 0 Å². The molecule has 5 nitrogen and oxygen atoms in total. The monoisotopic (exact) mass is 144 g/mol. The van der Waals surface area contributed by atoms with Gasteiger partial charge in [-0.05, 0) is 0 Å². The van der Waals surface area contributed by atoms with E-state index in [2.05, 4.69) is 14.8 Å². The third kappa shape index (κ3) is 6.66. The summed E-state index contributed by atoms with van der Waals surface area (Å²) in [5.41, 5.74) is 0. The average Bonchev–Trinajstić information content (AvgIpc) is 1.69. The summed E-state index contributed by atoms with van der Waals surface area (Å²) >= 11 is 0. The molecule has 0 aliphatic carbocycles. The van der Waals surface area contributed by atoms with Crippen molar-refractivity contribution in [2.45, 2.75) is 0 Å². The molecule has 7 heteroatoms. The Labute approximate surface area is 44.3 Å². The smallest absolute Gasteiger partial charge is 0.181 e. The Morgan fingerprint density at radius 3 is 2.86 bits per heavy atom. The predicted octanol–water partition coefficient (Wildman–Crippen LogP) is -0.111. The van der Waals surface area contributed by atoms with Crippen molar-refractivity contribution in [2.24, 2.45) is 5.90 Å². The van der Waals surface area contributed by atoms with Crippen LogP contribution in [0.4, 0.5) is 0 Å². The molecular formula is H6N2O3P2. The fourth-order valence-corrected chi connectivity index (χ4v) is 0.609. The topological polar surface area (TPSA) is 76.7 Å². The molecule has 0 amide bonds. The largest absolute Gasteiger partial charge is 0.311 e. The van der Waals surface area contributed by atoms with E-state index in [-0.39, 0.29) is 18.0 Å². The Morgan fingerprint density at radius 2 is 2.43 bits per heavy atom. The minimum Gasteiger partial charge on any atom is -0.311 e. The van der Waals surface area contributed by atoms with Gasteiger partial charge in [0.15, 0.2) is 9.03 Å². The highest BCUT2D eigenvalue weighted by Gasteiger charge is 1.78. The van der Waals surface area contributed by atoms with Crippen LogP contribution in [0.5, 0.6) is 0 Å². The molecule has 0 radical (unpaired) electrons. The Balaban J connectivity index is 2.45. The molecule has 0 aliphatic heterocycles. The molecule has 7 heavy (non-hydrogen) atoms. The Kier molecular flexibility index (Phi) is 7.29. The first-order valence-corrected chi connectivity index (χ1v) is 3.05. The summed E-state index contributed by atoms with van der Waals surface area (Å²) in [5, 5.41) is 9.62. The minimum absolute atomic E-state index is 0.165. The zero-order chi connectivity index (χ0) is 5.54. The Morgan fingerprint density at radius 1 is 1.71 bits per heavy atom. The van der Waals surface area contributed by atoms with Crippen molar-refractivity contribution in [1.82, 2.24) is 5.25 Å². The van der Waals surface area contributed by atoms with Crippen LogP contribution in [-0.2, 0) is 8.94 Å². The van der Waals surface area contributed by atoms with Crippen molar-refractivity contribution < 1.29 is 14.1 Å². The second-order valence-corrected chi connectivity index (χ2v) is 2.16.